The van der Waals surface area contributed by atoms with Crippen LogP contribution < -0.4 is 10.6 Å². The van der Waals surface area contributed by atoms with Gasteiger partial charge in [-0.25, -0.2) is 0 Å². The van der Waals surface area contributed by atoms with Gasteiger partial charge in [-0.1, -0.05) is 25.0 Å². The van der Waals surface area contributed by atoms with Crippen LogP contribution in [0.1, 0.15) is 31.2 Å². The van der Waals surface area contributed by atoms with E-state index in [1.165, 1.54) is 24.9 Å². The van der Waals surface area contributed by atoms with E-state index in [-0.39, 0.29) is 12.6 Å². The lowest BCUT2D eigenvalue weighted by Crippen LogP contribution is -2.37. The summed E-state index contributed by atoms with van der Waals surface area (Å²) in [6.07, 6.45) is 4.79. The van der Waals surface area contributed by atoms with Crippen molar-refractivity contribution in [1.29, 1.82) is 0 Å². The summed E-state index contributed by atoms with van der Waals surface area (Å²) in [7, 11) is 0. The highest BCUT2D eigenvalue weighted by Gasteiger charge is 2.20. The van der Waals surface area contributed by atoms with Gasteiger partial charge in [-0.05, 0) is 30.5 Å². The molecule has 1 unspecified atom stereocenters. The summed E-state index contributed by atoms with van der Waals surface area (Å²) in [6, 6.07) is 8.64. The topological polar surface area (TPSA) is 49.5 Å². The minimum absolute atomic E-state index is 0.243. The second kappa shape index (κ2) is 6.03. The first kappa shape index (κ1) is 12.4. The van der Waals surface area contributed by atoms with Crippen molar-refractivity contribution in [2.45, 2.75) is 38.3 Å². The van der Waals surface area contributed by atoms with Crippen molar-refractivity contribution in [3.63, 3.8) is 0 Å². The first-order valence-electron chi connectivity index (χ1n) is 6.51. The molecule has 0 spiro atoms. The molecule has 0 radical (unpaired) electrons. The van der Waals surface area contributed by atoms with Crippen LogP contribution in [0, 0.1) is 0 Å². The Bertz CT molecular complexity index is 354. The van der Waals surface area contributed by atoms with Crippen molar-refractivity contribution in [3.05, 3.63) is 29.8 Å². The molecular formula is C14H22N2O. The molecule has 1 aromatic carbocycles. The number of aliphatic hydroxyl groups is 1. The van der Waals surface area contributed by atoms with Crippen molar-refractivity contribution in [3.8, 4) is 0 Å². The molecule has 94 valence electrons. The fraction of sp³-hybridized carbons (Fsp3) is 0.571. The van der Waals surface area contributed by atoms with E-state index in [1.54, 1.807) is 0 Å². The maximum absolute atomic E-state index is 9.51. The van der Waals surface area contributed by atoms with Gasteiger partial charge in [-0.2, -0.15) is 0 Å². The smallest absolute Gasteiger partial charge is 0.0635 e. The molecule has 0 amide bonds. The Morgan fingerprint density at radius 3 is 2.94 bits per heavy atom. The second-order valence-corrected chi connectivity index (χ2v) is 4.75. The average molecular weight is 234 g/mol. The lowest BCUT2D eigenvalue weighted by Gasteiger charge is -2.31. The molecular weight excluding hydrogens is 212 g/mol. The van der Waals surface area contributed by atoms with Gasteiger partial charge >= 0.3 is 0 Å². The quantitative estimate of drug-likeness (QED) is 0.839. The molecule has 0 aliphatic carbocycles. The van der Waals surface area contributed by atoms with E-state index in [2.05, 4.69) is 29.2 Å². The summed E-state index contributed by atoms with van der Waals surface area (Å²) in [5, 5.41) is 9.51. The van der Waals surface area contributed by atoms with E-state index < -0.39 is 0 Å². The number of nitrogens with two attached hydrogens (primary N) is 1. The average Bonchev–Trinajstić information content (AvgIpc) is 2.63. The fourth-order valence-electron chi connectivity index (χ4n) is 2.57. The standard InChI is InChI=1S/C14H22N2O/c15-10-12-5-4-7-13(9-12)16-8-3-1-2-6-14(16)11-17/h4-5,7,9,14,17H,1-3,6,8,10-11,15H2. The Morgan fingerprint density at radius 2 is 2.18 bits per heavy atom. The van der Waals surface area contributed by atoms with Crippen molar-refractivity contribution < 1.29 is 5.11 Å². The minimum Gasteiger partial charge on any atom is -0.394 e. The maximum atomic E-state index is 9.51. The third kappa shape index (κ3) is 2.99. The first-order valence-corrected chi connectivity index (χ1v) is 6.51. The van der Waals surface area contributed by atoms with Crippen molar-refractivity contribution >= 4 is 5.69 Å². The van der Waals surface area contributed by atoms with Crippen molar-refractivity contribution in [1.82, 2.24) is 0 Å². The van der Waals surface area contributed by atoms with E-state index in [4.69, 9.17) is 5.73 Å². The Hall–Kier alpha value is -1.06. The van der Waals surface area contributed by atoms with Crippen LogP contribution in [-0.2, 0) is 6.54 Å². The second-order valence-electron chi connectivity index (χ2n) is 4.75. The molecule has 2 rings (SSSR count). The van der Waals surface area contributed by atoms with E-state index >= 15 is 0 Å². The van der Waals surface area contributed by atoms with Crippen LogP contribution in [0.4, 0.5) is 5.69 Å². The number of hydrogen-bond acceptors (Lipinski definition) is 3. The summed E-state index contributed by atoms with van der Waals surface area (Å²) in [5.41, 5.74) is 8.04. The number of nitrogens with zero attached hydrogens (tertiary/aromatic N) is 1. The van der Waals surface area contributed by atoms with Gasteiger partial charge in [0.1, 0.15) is 0 Å². The predicted octanol–water partition coefficient (Wildman–Crippen LogP) is 1.89. The SMILES string of the molecule is NCc1cccc(N2CCCCCC2CO)c1. The molecule has 1 saturated heterocycles. The van der Waals surface area contributed by atoms with Gasteiger partial charge in [0.2, 0.25) is 0 Å². The highest BCUT2D eigenvalue weighted by Crippen LogP contribution is 2.24. The molecule has 1 aliphatic heterocycles. The van der Waals surface area contributed by atoms with Crippen LogP contribution >= 0.6 is 0 Å². The fourth-order valence-corrected chi connectivity index (χ4v) is 2.57. The predicted molar refractivity (Wildman–Crippen MR) is 71.0 cm³/mol. The highest BCUT2D eigenvalue weighted by molar-refractivity contribution is 5.49. The van der Waals surface area contributed by atoms with Crippen LogP contribution in [-0.4, -0.2) is 24.3 Å². The molecule has 3 nitrogen and oxygen atoms in total. The summed E-state index contributed by atoms with van der Waals surface area (Å²) in [5.74, 6) is 0. The largest absolute Gasteiger partial charge is 0.394 e. The van der Waals surface area contributed by atoms with Gasteiger partial charge < -0.3 is 15.7 Å². The van der Waals surface area contributed by atoms with Gasteiger partial charge in [-0.15, -0.1) is 0 Å². The van der Waals surface area contributed by atoms with Gasteiger partial charge in [0.25, 0.3) is 0 Å². The number of benzene rings is 1. The summed E-state index contributed by atoms with van der Waals surface area (Å²) in [4.78, 5) is 2.34. The van der Waals surface area contributed by atoms with Crippen LogP contribution in [0.2, 0.25) is 0 Å². The number of hydrogen-bond donors (Lipinski definition) is 2. The van der Waals surface area contributed by atoms with E-state index in [0.717, 1.165) is 18.5 Å². The Morgan fingerprint density at radius 1 is 1.29 bits per heavy atom. The van der Waals surface area contributed by atoms with Gasteiger partial charge in [0.05, 0.1) is 12.6 Å². The summed E-state index contributed by atoms with van der Waals surface area (Å²) in [6.45, 7) is 1.86. The van der Waals surface area contributed by atoms with E-state index in [9.17, 15) is 5.11 Å². The zero-order valence-electron chi connectivity index (χ0n) is 10.3. The van der Waals surface area contributed by atoms with Gasteiger partial charge in [-0.3, -0.25) is 0 Å². The van der Waals surface area contributed by atoms with Crippen LogP contribution in [0.5, 0.6) is 0 Å². The van der Waals surface area contributed by atoms with Gasteiger partial charge in [0.15, 0.2) is 0 Å². The molecule has 1 fully saturated rings. The Balaban J connectivity index is 2.21. The lowest BCUT2D eigenvalue weighted by molar-refractivity contribution is 0.255. The number of rotatable bonds is 3. The molecule has 0 saturated carbocycles. The van der Waals surface area contributed by atoms with E-state index in [0.29, 0.717) is 6.54 Å². The Kier molecular flexibility index (Phi) is 4.40. The number of aliphatic hydroxyl groups excluding tert-OH is 1. The van der Waals surface area contributed by atoms with Crippen LogP contribution in [0.25, 0.3) is 0 Å². The monoisotopic (exact) mass is 234 g/mol. The number of anilines is 1. The van der Waals surface area contributed by atoms with Crippen LogP contribution in [0.3, 0.4) is 0 Å². The molecule has 1 aliphatic rings. The molecule has 1 atom stereocenters. The summed E-state index contributed by atoms with van der Waals surface area (Å²) >= 11 is 0. The third-order valence-corrected chi connectivity index (χ3v) is 3.57. The molecule has 0 aromatic heterocycles. The lowest BCUT2D eigenvalue weighted by atomic mass is 10.1. The summed E-state index contributed by atoms with van der Waals surface area (Å²) < 4.78 is 0. The molecule has 17 heavy (non-hydrogen) atoms. The van der Waals surface area contributed by atoms with Crippen molar-refractivity contribution in [2.24, 2.45) is 5.73 Å². The van der Waals surface area contributed by atoms with E-state index in [1.807, 2.05) is 0 Å². The molecule has 3 N–H and O–H groups in total. The van der Waals surface area contributed by atoms with Crippen molar-refractivity contribution in [2.75, 3.05) is 18.1 Å². The molecule has 3 heteroatoms. The Labute approximate surface area is 103 Å². The third-order valence-electron chi connectivity index (χ3n) is 3.57. The van der Waals surface area contributed by atoms with Crippen LogP contribution in [0.15, 0.2) is 24.3 Å². The maximum Gasteiger partial charge on any atom is 0.0635 e. The minimum atomic E-state index is 0.243. The first-order chi connectivity index (χ1) is 8.35. The normalized spacial score (nSPS) is 21.3. The van der Waals surface area contributed by atoms with Gasteiger partial charge in [0, 0.05) is 18.8 Å². The molecule has 1 aromatic rings. The zero-order chi connectivity index (χ0) is 12.1. The molecule has 0 bridgehead atoms. The highest BCUT2D eigenvalue weighted by atomic mass is 16.3. The zero-order valence-corrected chi connectivity index (χ0v) is 10.3. The molecule has 1 heterocycles.